The Kier molecular flexibility index (Phi) is 3.16. The third-order valence-corrected chi connectivity index (χ3v) is 5.87. The van der Waals surface area contributed by atoms with Gasteiger partial charge in [-0.15, -0.1) is 0 Å². The summed E-state index contributed by atoms with van der Waals surface area (Å²) in [6, 6.07) is 6.95. The van der Waals surface area contributed by atoms with E-state index in [1.807, 2.05) is 12.1 Å². The second-order valence-electron chi connectivity index (χ2n) is 3.77. The molecule has 1 fully saturated rings. The Hall–Kier alpha value is -0.351. The first-order valence-electron chi connectivity index (χ1n) is 4.81. The average Bonchev–Trinajstić information content (AvgIpc) is 2.97. The molecule has 0 heterocycles. The number of rotatable bonds is 4. The Morgan fingerprint density at radius 1 is 1.27 bits per heavy atom. The van der Waals surface area contributed by atoms with E-state index in [0.29, 0.717) is 15.0 Å². The number of hydrogen-bond donors (Lipinski definition) is 1. The van der Waals surface area contributed by atoms with Gasteiger partial charge in [0.15, 0.2) is 0 Å². The molecule has 0 bridgehead atoms. The molecule has 1 aliphatic carbocycles. The van der Waals surface area contributed by atoms with Crippen molar-refractivity contribution >= 4 is 29.4 Å². The molecule has 0 aromatic heterocycles. The van der Waals surface area contributed by atoms with Gasteiger partial charge in [0, 0.05) is 0 Å². The normalized spacial score (nSPS) is 16.6. The molecule has 0 amide bonds. The van der Waals surface area contributed by atoms with Crippen LogP contribution in [0.1, 0.15) is 12.8 Å². The van der Waals surface area contributed by atoms with Crippen LogP contribution in [0.25, 0.3) is 0 Å². The number of primary sulfonamides is 1. The van der Waals surface area contributed by atoms with Crippen molar-refractivity contribution in [2.45, 2.75) is 23.1 Å². The van der Waals surface area contributed by atoms with Crippen LogP contribution < -0.4 is 9.60 Å². The van der Waals surface area contributed by atoms with Gasteiger partial charge in [0.1, 0.15) is 0 Å². The number of nitrogens with two attached hydrogens (primary N) is 1. The molecule has 2 N–H and O–H groups in total. The summed E-state index contributed by atoms with van der Waals surface area (Å²) in [6.07, 6.45) is 2.74. The maximum atomic E-state index is 11.0. The van der Waals surface area contributed by atoms with Gasteiger partial charge in [-0.2, -0.15) is 0 Å². The molecule has 0 unspecified atom stereocenters. The van der Waals surface area contributed by atoms with Crippen LogP contribution in [0.4, 0.5) is 0 Å². The van der Waals surface area contributed by atoms with Crippen molar-refractivity contribution in [2.75, 3.05) is 0 Å². The average molecular weight is 290 g/mol. The van der Waals surface area contributed by atoms with E-state index in [-0.39, 0.29) is 4.90 Å². The van der Waals surface area contributed by atoms with Crippen molar-refractivity contribution in [1.82, 2.24) is 0 Å². The zero-order valence-electron chi connectivity index (χ0n) is 8.22. The second kappa shape index (κ2) is 4.26. The monoisotopic (exact) mass is 291 g/mol. The van der Waals surface area contributed by atoms with E-state index in [4.69, 9.17) is 5.14 Å². The fraction of sp³-hybridized carbons (Fsp3) is 0.400. The Morgan fingerprint density at radius 3 is 2.33 bits per heavy atom. The SMILES string of the molecule is NS(=O)(=O)c1ccc([Se]CC2CC2)cc1. The zero-order valence-corrected chi connectivity index (χ0v) is 10.7. The predicted octanol–water partition coefficient (Wildman–Crippen LogP) is 0.492. The molecule has 0 spiro atoms. The van der Waals surface area contributed by atoms with Crippen LogP contribution in [0.15, 0.2) is 29.2 Å². The molecule has 3 nitrogen and oxygen atoms in total. The Bertz CT molecular complexity index is 437. The fourth-order valence-corrected chi connectivity index (χ4v) is 4.03. The molecule has 2 rings (SSSR count). The zero-order chi connectivity index (χ0) is 10.9. The van der Waals surface area contributed by atoms with E-state index in [0.717, 1.165) is 5.92 Å². The van der Waals surface area contributed by atoms with Crippen molar-refractivity contribution in [3.8, 4) is 0 Å². The minimum absolute atomic E-state index is 0.202. The first-order valence-corrected chi connectivity index (χ1v) is 8.43. The Labute approximate surface area is 96.3 Å². The quantitative estimate of drug-likeness (QED) is 0.821. The molecule has 0 radical (unpaired) electrons. The van der Waals surface area contributed by atoms with E-state index in [1.54, 1.807) is 12.1 Å². The van der Waals surface area contributed by atoms with E-state index in [1.165, 1.54) is 22.6 Å². The van der Waals surface area contributed by atoms with Crippen molar-refractivity contribution in [2.24, 2.45) is 11.1 Å². The molecule has 0 aliphatic heterocycles. The summed E-state index contributed by atoms with van der Waals surface area (Å²) >= 11 is 0.484. The molecule has 5 heteroatoms. The van der Waals surface area contributed by atoms with Crippen LogP contribution >= 0.6 is 0 Å². The molecule has 1 aliphatic rings. The second-order valence-corrected chi connectivity index (χ2v) is 7.63. The van der Waals surface area contributed by atoms with E-state index in [2.05, 4.69) is 0 Å². The molecule has 0 atom stereocenters. The third kappa shape index (κ3) is 3.31. The Morgan fingerprint density at radius 2 is 1.87 bits per heavy atom. The van der Waals surface area contributed by atoms with E-state index >= 15 is 0 Å². The van der Waals surface area contributed by atoms with Gasteiger partial charge in [0.05, 0.1) is 0 Å². The van der Waals surface area contributed by atoms with Crippen LogP contribution in [0.5, 0.6) is 0 Å². The van der Waals surface area contributed by atoms with Crippen LogP contribution in [0.2, 0.25) is 5.32 Å². The van der Waals surface area contributed by atoms with Crippen LogP contribution in [0.3, 0.4) is 0 Å². The maximum absolute atomic E-state index is 11.0. The molecule has 1 saturated carbocycles. The number of sulfonamides is 1. The molecular formula is C10H13NO2SSe. The van der Waals surface area contributed by atoms with Gasteiger partial charge in [-0.05, 0) is 0 Å². The van der Waals surface area contributed by atoms with Crippen molar-refractivity contribution in [3.05, 3.63) is 24.3 Å². The van der Waals surface area contributed by atoms with Gasteiger partial charge in [-0.3, -0.25) is 0 Å². The summed E-state index contributed by atoms with van der Waals surface area (Å²) in [5, 5.41) is 6.30. The number of hydrogen-bond acceptors (Lipinski definition) is 2. The topological polar surface area (TPSA) is 60.2 Å². The summed E-state index contributed by atoms with van der Waals surface area (Å²) in [5.41, 5.74) is 0. The molecule has 1 aromatic carbocycles. The van der Waals surface area contributed by atoms with Gasteiger partial charge in [-0.1, -0.05) is 0 Å². The standard InChI is InChI=1S/C10H13NO2SSe/c11-14(12,13)9-3-5-10(6-4-9)15-7-8-1-2-8/h3-6,8H,1-2,7H2,(H2,11,12,13). The van der Waals surface area contributed by atoms with Crippen molar-refractivity contribution in [1.29, 1.82) is 0 Å². The van der Waals surface area contributed by atoms with Crippen molar-refractivity contribution in [3.63, 3.8) is 0 Å². The van der Waals surface area contributed by atoms with Gasteiger partial charge < -0.3 is 0 Å². The molecule has 1 aromatic rings. The van der Waals surface area contributed by atoms with Crippen molar-refractivity contribution < 1.29 is 8.42 Å². The van der Waals surface area contributed by atoms with Crippen LogP contribution in [0, 0.1) is 5.92 Å². The molecule has 0 saturated heterocycles. The van der Waals surface area contributed by atoms with Gasteiger partial charge in [-0.25, -0.2) is 0 Å². The van der Waals surface area contributed by atoms with Gasteiger partial charge in [0.25, 0.3) is 0 Å². The molecule has 15 heavy (non-hydrogen) atoms. The fourth-order valence-electron chi connectivity index (χ4n) is 1.22. The van der Waals surface area contributed by atoms with Crippen LogP contribution in [-0.4, -0.2) is 23.4 Å². The number of benzene rings is 1. The van der Waals surface area contributed by atoms with E-state index in [9.17, 15) is 8.42 Å². The minimum atomic E-state index is -3.53. The van der Waals surface area contributed by atoms with Gasteiger partial charge >= 0.3 is 96.2 Å². The van der Waals surface area contributed by atoms with Crippen LogP contribution in [-0.2, 0) is 10.0 Å². The summed E-state index contributed by atoms with van der Waals surface area (Å²) in [4.78, 5) is 0.202. The summed E-state index contributed by atoms with van der Waals surface area (Å²) < 4.78 is 23.3. The Balaban J connectivity index is 2.02. The summed E-state index contributed by atoms with van der Waals surface area (Å²) in [6.45, 7) is 0. The van der Waals surface area contributed by atoms with Gasteiger partial charge in [0.2, 0.25) is 0 Å². The van der Waals surface area contributed by atoms with E-state index < -0.39 is 10.0 Å². The first kappa shape index (κ1) is 11.1. The molecule has 82 valence electrons. The molecular weight excluding hydrogens is 277 g/mol. The summed E-state index contributed by atoms with van der Waals surface area (Å²) in [5.74, 6) is 0.933. The summed E-state index contributed by atoms with van der Waals surface area (Å²) in [7, 11) is -3.53. The third-order valence-electron chi connectivity index (χ3n) is 2.33. The predicted molar refractivity (Wildman–Crippen MR) is 60.7 cm³/mol. The first-order chi connectivity index (χ1) is 7.05.